The van der Waals surface area contributed by atoms with Gasteiger partial charge in [0.15, 0.2) is 5.82 Å². The van der Waals surface area contributed by atoms with E-state index < -0.39 is 0 Å². The van der Waals surface area contributed by atoms with E-state index in [1.807, 2.05) is 6.92 Å². The highest BCUT2D eigenvalue weighted by Crippen LogP contribution is 2.25. The second kappa shape index (κ2) is 5.41. The van der Waals surface area contributed by atoms with Crippen LogP contribution >= 0.6 is 0 Å². The van der Waals surface area contributed by atoms with Crippen molar-refractivity contribution in [3.05, 3.63) is 59.7 Å². The lowest BCUT2D eigenvalue weighted by molar-refractivity contribution is 0.282. The van der Waals surface area contributed by atoms with Gasteiger partial charge >= 0.3 is 0 Å². The molecule has 0 atom stereocenters. The van der Waals surface area contributed by atoms with Gasteiger partial charge in [-0.05, 0) is 25.1 Å². The summed E-state index contributed by atoms with van der Waals surface area (Å²) in [5.74, 6) is 0.202. The summed E-state index contributed by atoms with van der Waals surface area (Å²) in [6.45, 7) is 1.72. The van der Waals surface area contributed by atoms with Gasteiger partial charge in [0.2, 0.25) is 0 Å². The van der Waals surface area contributed by atoms with Crippen LogP contribution in [0, 0.1) is 12.7 Å². The number of nitrogens with zero attached hydrogens (tertiary/aromatic N) is 4. The average molecular weight is 284 g/mol. The van der Waals surface area contributed by atoms with Crippen LogP contribution in [-0.2, 0) is 6.61 Å². The minimum absolute atomic E-state index is 0.0960. The summed E-state index contributed by atoms with van der Waals surface area (Å²) < 4.78 is 14.9. The van der Waals surface area contributed by atoms with E-state index in [1.165, 1.54) is 12.1 Å². The van der Waals surface area contributed by atoms with E-state index in [9.17, 15) is 9.50 Å². The van der Waals surface area contributed by atoms with Gasteiger partial charge in [-0.2, -0.15) is 0 Å². The molecule has 0 unspecified atom stereocenters. The van der Waals surface area contributed by atoms with E-state index in [-0.39, 0.29) is 12.4 Å². The third-order valence-electron chi connectivity index (χ3n) is 3.11. The molecule has 1 N–H and O–H groups in total. The third kappa shape index (κ3) is 2.53. The molecule has 0 saturated carbocycles. The number of azo groups is 1. The van der Waals surface area contributed by atoms with Crippen LogP contribution < -0.4 is 0 Å². The maximum Gasteiger partial charge on any atom is 0.182 e. The van der Waals surface area contributed by atoms with Gasteiger partial charge in [-0.1, -0.05) is 12.1 Å². The molecule has 1 aromatic carbocycles. The Kier molecular flexibility index (Phi) is 3.45. The van der Waals surface area contributed by atoms with Gasteiger partial charge in [0.05, 0.1) is 18.0 Å². The number of rotatable bonds is 3. The smallest absolute Gasteiger partial charge is 0.182 e. The van der Waals surface area contributed by atoms with Crippen molar-refractivity contribution >= 4 is 17.2 Å². The molecular formula is C15H13FN4O. The Morgan fingerprint density at radius 3 is 2.86 bits per heavy atom. The zero-order valence-corrected chi connectivity index (χ0v) is 11.4. The van der Waals surface area contributed by atoms with Crippen LogP contribution in [0.4, 0.5) is 15.9 Å². The number of aliphatic hydroxyl groups is 1. The maximum atomic E-state index is 13.1. The molecule has 0 bridgehead atoms. The first-order chi connectivity index (χ1) is 10.2. The molecule has 6 heteroatoms. The minimum atomic E-state index is -0.358. The van der Waals surface area contributed by atoms with E-state index in [1.54, 1.807) is 34.9 Å². The first kappa shape index (κ1) is 13.4. The van der Waals surface area contributed by atoms with Crippen molar-refractivity contribution in [2.45, 2.75) is 13.5 Å². The van der Waals surface area contributed by atoms with Crippen LogP contribution in [0.15, 0.2) is 52.8 Å². The molecule has 0 aliphatic heterocycles. The predicted octanol–water partition coefficient (Wildman–Crippen LogP) is 3.69. The predicted molar refractivity (Wildman–Crippen MR) is 76.4 cm³/mol. The zero-order chi connectivity index (χ0) is 14.8. The topological polar surface area (TPSA) is 62.2 Å². The molecule has 0 fully saturated rings. The van der Waals surface area contributed by atoms with Crippen molar-refractivity contribution in [1.82, 2.24) is 9.38 Å². The lowest BCUT2D eigenvalue weighted by Crippen LogP contribution is -1.90. The zero-order valence-electron chi connectivity index (χ0n) is 11.4. The molecule has 2 heterocycles. The fourth-order valence-electron chi connectivity index (χ4n) is 2.11. The molecule has 5 nitrogen and oxygen atoms in total. The van der Waals surface area contributed by atoms with E-state index in [4.69, 9.17) is 0 Å². The van der Waals surface area contributed by atoms with Crippen LogP contribution in [0.2, 0.25) is 0 Å². The van der Waals surface area contributed by atoms with Crippen molar-refractivity contribution in [1.29, 1.82) is 0 Å². The first-order valence-electron chi connectivity index (χ1n) is 6.44. The number of halogens is 1. The molecule has 106 valence electrons. The molecule has 3 aromatic rings. The lowest BCUT2D eigenvalue weighted by atomic mass is 10.3. The van der Waals surface area contributed by atoms with Gasteiger partial charge < -0.3 is 5.11 Å². The van der Waals surface area contributed by atoms with Crippen molar-refractivity contribution in [2.75, 3.05) is 0 Å². The number of hydrogen-bond donors (Lipinski definition) is 1. The summed E-state index contributed by atoms with van der Waals surface area (Å²) in [6.07, 6.45) is 1.80. The standard InChI is InChI=1S/C15H13FN4O/c1-10-14(19-18-13-6-2-5-12(16)8-13)20-7-3-4-11(9-21)15(20)17-10/h2-8,21H,9H2,1H3. The van der Waals surface area contributed by atoms with Gasteiger partial charge in [0.25, 0.3) is 0 Å². The Morgan fingerprint density at radius 2 is 2.10 bits per heavy atom. The third-order valence-corrected chi connectivity index (χ3v) is 3.11. The highest BCUT2D eigenvalue weighted by atomic mass is 19.1. The molecular weight excluding hydrogens is 271 g/mol. The van der Waals surface area contributed by atoms with E-state index in [0.29, 0.717) is 28.4 Å². The number of hydrogen-bond acceptors (Lipinski definition) is 4. The first-order valence-corrected chi connectivity index (χ1v) is 6.44. The highest BCUT2D eigenvalue weighted by Gasteiger charge is 2.10. The Morgan fingerprint density at radius 1 is 1.24 bits per heavy atom. The minimum Gasteiger partial charge on any atom is -0.392 e. The van der Waals surface area contributed by atoms with Crippen LogP contribution in [0.1, 0.15) is 11.3 Å². The van der Waals surface area contributed by atoms with Gasteiger partial charge in [-0.3, -0.25) is 4.40 Å². The van der Waals surface area contributed by atoms with Crippen LogP contribution in [0.3, 0.4) is 0 Å². The van der Waals surface area contributed by atoms with Crippen molar-refractivity contribution in [2.24, 2.45) is 10.2 Å². The monoisotopic (exact) mass is 284 g/mol. The summed E-state index contributed by atoms with van der Waals surface area (Å²) >= 11 is 0. The Balaban J connectivity index is 2.07. The average Bonchev–Trinajstić information content (AvgIpc) is 2.80. The van der Waals surface area contributed by atoms with E-state index in [2.05, 4.69) is 15.2 Å². The number of pyridine rings is 1. The number of aliphatic hydroxyl groups excluding tert-OH is 1. The Hall–Kier alpha value is -2.60. The summed E-state index contributed by atoms with van der Waals surface area (Å²) in [5, 5.41) is 17.5. The SMILES string of the molecule is Cc1nc2c(CO)cccn2c1N=Nc1cccc(F)c1. The fraction of sp³-hybridized carbons (Fsp3) is 0.133. The largest absolute Gasteiger partial charge is 0.392 e. The second-order valence-electron chi connectivity index (χ2n) is 4.59. The molecule has 0 radical (unpaired) electrons. The normalized spacial score (nSPS) is 11.6. The maximum absolute atomic E-state index is 13.1. The number of aromatic nitrogens is 2. The van der Waals surface area contributed by atoms with Crippen molar-refractivity contribution in [3.63, 3.8) is 0 Å². The quantitative estimate of drug-likeness (QED) is 0.745. The van der Waals surface area contributed by atoms with Gasteiger partial charge in [-0.25, -0.2) is 9.37 Å². The van der Waals surface area contributed by atoms with Crippen molar-refractivity contribution < 1.29 is 9.50 Å². The summed E-state index contributed by atoms with van der Waals surface area (Å²) in [5.41, 5.74) is 2.48. The number of imidazole rings is 1. The summed E-state index contributed by atoms with van der Waals surface area (Å²) in [4.78, 5) is 4.39. The van der Waals surface area contributed by atoms with E-state index in [0.717, 1.165) is 0 Å². The van der Waals surface area contributed by atoms with Gasteiger partial charge in [0.1, 0.15) is 11.5 Å². The lowest BCUT2D eigenvalue weighted by Gasteiger charge is -2.00. The summed E-state index contributed by atoms with van der Waals surface area (Å²) in [6, 6.07) is 9.52. The van der Waals surface area contributed by atoms with E-state index >= 15 is 0 Å². The summed E-state index contributed by atoms with van der Waals surface area (Å²) in [7, 11) is 0. The van der Waals surface area contributed by atoms with Crippen molar-refractivity contribution in [3.8, 4) is 0 Å². The Labute approximate surface area is 120 Å². The number of aryl methyl sites for hydroxylation is 1. The van der Waals surface area contributed by atoms with Crippen LogP contribution in [0.25, 0.3) is 5.65 Å². The van der Waals surface area contributed by atoms with Gasteiger partial charge in [0, 0.05) is 17.8 Å². The second-order valence-corrected chi connectivity index (χ2v) is 4.59. The van der Waals surface area contributed by atoms with Gasteiger partial charge in [-0.15, -0.1) is 10.2 Å². The molecule has 0 aliphatic carbocycles. The molecule has 3 rings (SSSR count). The molecule has 2 aromatic heterocycles. The Bertz CT molecular complexity index is 826. The molecule has 0 aliphatic rings. The number of benzene rings is 1. The molecule has 0 spiro atoms. The number of fused-ring (bicyclic) bond motifs is 1. The highest BCUT2D eigenvalue weighted by molar-refractivity contribution is 5.56. The molecule has 21 heavy (non-hydrogen) atoms. The molecule has 0 saturated heterocycles. The van der Waals surface area contributed by atoms with Crippen LogP contribution in [0.5, 0.6) is 0 Å². The fourth-order valence-corrected chi connectivity index (χ4v) is 2.11. The van der Waals surface area contributed by atoms with Crippen LogP contribution in [-0.4, -0.2) is 14.5 Å². The molecule has 0 amide bonds.